The highest BCUT2D eigenvalue weighted by atomic mass is 35.5. The Morgan fingerprint density at radius 3 is 2.64 bits per heavy atom. The molecule has 0 saturated heterocycles. The minimum Gasteiger partial charge on any atom is -0.348 e. The number of benzene rings is 1. The van der Waals surface area contributed by atoms with Crippen LogP contribution in [0.25, 0.3) is 0 Å². The van der Waals surface area contributed by atoms with Crippen LogP contribution in [0.3, 0.4) is 0 Å². The van der Waals surface area contributed by atoms with Crippen molar-refractivity contribution in [1.82, 2.24) is 14.8 Å². The zero-order valence-corrected chi connectivity index (χ0v) is 16.2. The molecule has 1 aromatic carbocycles. The second kappa shape index (κ2) is 7.02. The van der Waals surface area contributed by atoms with Crippen molar-refractivity contribution in [3.63, 3.8) is 0 Å². The lowest BCUT2D eigenvalue weighted by atomic mass is 9.99. The van der Waals surface area contributed by atoms with Crippen molar-refractivity contribution in [2.24, 2.45) is 0 Å². The Hall–Kier alpha value is -1.49. The van der Waals surface area contributed by atoms with E-state index in [1.165, 1.54) is 0 Å². The monoisotopic (exact) mass is 379 g/mol. The second-order valence-electron chi connectivity index (χ2n) is 7.39. The third-order valence-electron chi connectivity index (χ3n) is 4.39. The molecule has 1 unspecified atom stereocenters. The van der Waals surface area contributed by atoms with Gasteiger partial charge in [-0.1, -0.05) is 29.3 Å². The van der Waals surface area contributed by atoms with Crippen LogP contribution in [-0.2, 0) is 11.3 Å². The van der Waals surface area contributed by atoms with E-state index in [-0.39, 0.29) is 17.5 Å². The number of carbonyl (C=O) groups is 1. The number of nitrogens with zero attached hydrogens (tertiary/aromatic N) is 2. The molecule has 1 N–H and O–H groups in total. The van der Waals surface area contributed by atoms with Gasteiger partial charge in [0.2, 0.25) is 5.91 Å². The van der Waals surface area contributed by atoms with Crippen molar-refractivity contribution in [2.45, 2.75) is 38.9 Å². The molecule has 2 heterocycles. The van der Waals surface area contributed by atoms with Crippen LogP contribution in [-0.4, -0.2) is 34.0 Å². The molecule has 1 amide bonds. The Morgan fingerprint density at radius 2 is 1.96 bits per heavy atom. The Morgan fingerprint density at radius 1 is 1.20 bits per heavy atom. The van der Waals surface area contributed by atoms with E-state index in [4.69, 9.17) is 23.2 Å². The fraction of sp³-hybridized carbons (Fsp3) is 0.421. The van der Waals surface area contributed by atoms with Crippen LogP contribution in [0, 0.1) is 0 Å². The lowest BCUT2D eigenvalue weighted by molar-refractivity contribution is -0.133. The predicted octanol–water partition coefficient (Wildman–Crippen LogP) is 4.11. The summed E-state index contributed by atoms with van der Waals surface area (Å²) in [5.74, 6) is 0.0819. The maximum Gasteiger partial charge on any atom is 0.237 e. The molecular formula is C19H23Cl2N3O. The first-order valence-electron chi connectivity index (χ1n) is 8.41. The molecule has 0 radical (unpaired) electrons. The molecule has 134 valence electrons. The summed E-state index contributed by atoms with van der Waals surface area (Å²) in [6.45, 7) is 7.93. The molecule has 1 aliphatic rings. The summed E-state index contributed by atoms with van der Waals surface area (Å²) in [4.78, 5) is 14.8. The van der Waals surface area contributed by atoms with Crippen LogP contribution in [0.4, 0.5) is 0 Å². The molecule has 1 atom stereocenters. The molecule has 0 aliphatic carbocycles. The topological polar surface area (TPSA) is 37.3 Å². The van der Waals surface area contributed by atoms with Gasteiger partial charge in [0.25, 0.3) is 0 Å². The van der Waals surface area contributed by atoms with Crippen LogP contribution >= 0.6 is 23.2 Å². The van der Waals surface area contributed by atoms with E-state index in [2.05, 4.69) is 42.9 Å². The summed E-state index contributed by atoms with van der Waals surface area (Å²) >= 11 is 12.3. The van der Waals surface area contributed by atoms with E-state index in [1.807, 2.05) is 23.1 Å². The standard InChI is InChI=1S/C19H23Cl2N3O/c1-19(2,3)22-12-17(25)24-10-9-23-8-4-5-16(23)18(24)13-6-7-14(20)15(21)11-13/h4-8,11,18,22H,9-10,12H2,1-3H3. The molecule has 3 rings (SSSR count). The smallest absolute Gasteiger partial charge is 0.237 e. The van der Waals surface area contributed by atoms with Gasteiger partial charge < -0.3 is 14.8 Å². The van der Waals surface area contributed by atoms with E-state index in [9.17, 15) is 4.79 Å². The lowest BCUT2D eigenvalue weighted by Crippen LogP contribution is -2.49. The SMILES string of the molecule is CC(C)(C)NCC(=O)N1CCn2cccc2C1c1ccc(Cl)c(Cl)c1. The molecule has 6 heteroatoms. The number of carbonyl (C=O) groups excluding carboxylic acids is 1. The molecule has 0 fully saturated rings. The number of fused-ring (bicyclic) bond motifs is 1. The van der Waals surface area contributed by atoms with E-state index in [0.29, 0.717) is 23.1 Å². The van der Waals surface area contributed by atoms with Gasteiger partial charge in [-0.05, 0) is 50.6 Å². The summed E-state index contributed by atoms with van der Waals surface area (Å²) in [7, 11) is 0. The number of hydrogen-bond donors (Lipinski definition) is 1. The van der Waals surface area contributed by atoms with Gasteiger partial charge in [-0.2, -0.15) is 0 Å². The molecule has 0 bridgehead atoms. The Bertz CT molecular complexity index is 779. The number of amides is 1. The van der Waals surface area contributed by atoms with E-state index in [1.54, 1.807) is 6.07 Å². The number of aromatic nitrogens is 1. The summed E-state index contributed by atoms with van der Waals surface area (Å²) in [6.07, 6.45) is 2.05. The van der Waals surface area contributed by atoms with Crippen molar-refractivity contribution in [3.8, 4) is 0 Å². The third-order valence-corrected chi connectivity index (χ3v) is 5.13. The van der Waals surface area contributed by atoms with Crippen molar-refractivity contribution in [3.05, 3.63) is 57.8 Å². The minimum atomic E-state index is -0.159. The predicted molar refractivity (Wildman–Crippen MR) is 102 cm³/mol. The first-order valence-corrected chi connectivity index (χ1v) is 9.16. The van der Waals surface area contributed by atoms with E-state index < -0.39 is 0 Å². The molecule has 0 spiro atoms. The summed E-state index contributed by atoms with van der Waals surface area (Å²) in [6, 6.07) is 9.50. The summed E-state index contributed by atoms with van der Waals surface area (Å²) < 4.78 is 2.19. The van der Waals surface area contributed by atoms with Crippen molar-refractivity contribution >= 4 is 29.1 Å². The Balaban J connectivity index is 1.94. The highest BCUT2D eigenvalue weighted by molar-refractivity contribution is 6.42. The van der Waals surface area contributed by atoms with E-state index >= 15 is 0 Å². The van der Waals surface area contributed by atoms with Crippen LogP contribution < -0.4 is 5.32 Å². The molecular weight excluding hydrogens is 357 g/mol. The maximum absolute atomic E-state index is 12.9. The molecule has 2 aromatic rings. The minimum absolute atomic E-state index is 0.0819. The van der Waals surface area contributed by atoms with Gasteiger partial charge in [-0.25, -0.2) is 0 Å². The number of halogens is 2. The van der Waals surface area contributed by atoms with Gasteiger partial charge >= 0.3 is 0 Å². The fourth-order valence-electron chi connectivity index (χ4n) is 3.13. The molecule has 0 saturated carbocycles. The second-order valence-corrected chi connectivity index (χ2v) is 8.21. The van der Waals surface area contributed by atoms with Gasteiger partial charge in [0, 0.05) is 30.5 Å². The van der Waals surface area contributed by atoms with Gasteiger partial charge in [0.15, 0.2) is 0 Å². The third kappa shape index (κ3) is 4.02. The molecule has 25 heavy (non-hydrogen) atoms. The number of nitrogens with one attached hydrogen (secondary N) is 1. The highest BCUT2D eigenvalue weighted by Gasteiger charge is 2.32. The zero-order chi connectivity index (χ0) is 18.2. The van der Waals surface area contributed by atoms with Crippen molar-refractivity contribution in [2.75, 3.05) is 13.1 Å². The normalized spacial score (nSPS) is 17.5. The zero-order valence-electron chi connectivity index (χ0n) is 14.7. The molecule has 4 nitrogen and oxygen atoms in total. The van der Waals surface area contributed by atoms with Crippen molar-refractivity contribution in [1.29, 1.82) is 0 Å². The first kappa shape index (κ1) is 18.3. The Kier molecular flexibility index (Phi) is 5.14. The van der Waals surface area contributed by atoms with E-state index in [0.717, 1.165) is 17.8 Å². The average molecular weight is 380 g/mol. The van der Waals surface area contributed by atoms with Gasteiger partial charge in [-0.3, -0.25) is 4.79 Å². The van der Waals surface area contributed by atoms with Crippen LogP contribution in [0.15, 0.2) is 36.5 Å². The van der Waals surface area contributed by atoms with Crippen LogP contribution in [0.5, 0.6) is 0 Å². The first-order chi connectivity index (χ1) is 11.8. The van der Waals surface area contributed by atoms with Crippen LogP contribution in [0.1, 0.15) is 38.1 Å². The molecule has 1 aliphatic heterocycles. The fourth-order valence-corrected chi connectivity index (χ4v) is 3.43. The lowest BCUT2D eigenvalue weighted by Gasteiger charge is -2.38. The van der Waals surface area contributed by atoms with Gasteiger partial charge in [-0.15, -0.1) is 0 Å². The van der Waals surface area contributed by atoms with Crippen molar-refractivity contribution < 1.29 is 4.79 Å². The molecule has 1 aromatic heterocycles. The highest BCUT2D eigenvalue weighted by Crippen LogP contribution is 2.35. The summed E-state index contributed by atoms with van der Waals surface area (Å²) in [5.41, 5.74) is 1.96. The van der Waals surface area contributed by atoms with Crippen LogP contribution in [0.2, 0.25) is 10.0 Å². The summed E-state index contributed by atoms with van der Waals surface area (Å²) in [5, 5.41) is 4.30. The van der Waals surface area contributed by atoms with Gasteiger partial charge in [0.05, 0.1) is 22.6 Å². The average Bonchev–Trinajstić information content (AvgIpc) is 3.02. The Labute approximate surface area is 158 Å². The maximum atomic E-state index is 12.9. The largest absolute Gasteiger partial charge is 0.348 e. The number of rotatable bonds is 3. The quantitative estimate of drug-likeness (QED) is 0.870. The van der Waals surface area contributed by atoms with Gasteiger partial charge in [0.1, 0.15) is 0 Å². The number of hydrogen-bond acceptors (Lipinski definition) is 2.